The standard InChI is InChI=1S/C20H36N4O2/c1-5-17(13-9-12-16-10-7-6-8-11-16)20-21-18(22-26-20)14-24(4)15-19(25)23(2)3/h16-17H,5-15H2,1-4H3/t17-/m1/s1. The molecule has 0 radical (unpaired) electrons. The van der Waals surface area contributed by atoms with Crippen molar-refractivity contribution in [1.82, 2.24) is 19.9 Å². The lowest BCUT2D eigenvalue weighted by Gasteiger charge is -2.21. The van der Waals surface area contributed by atoms with Gasteiger partial charge in [0.15, 0.2) is 5.82 Å². The Morgan fingerprint density at radius 2 is 1.96 bits per heavy atom. The molecule has 0 unspecified atom stereocenters. The highest BCUT2D eigenvalue weighted by molar-refractivity contribution is 5.77. The molecule has 6 nitrogen and oxygen atoms in total. The monoisotopic (exact) mass is 364 g/mol. The first-order valence-corrected chi connectivity index (χ1v) is 10.2. The molecule has 0 N–H and O–H groups in total. The number of amides is 1. The van der Waals surface area contributed by atoms with Crippen LogP contribution in [-0.4, -0.2) is 53.5 Å². The summed E-state index contributed by atoms with van der Waals surface area (Å²) >= 11 is 0. The predicted molar refractivity (Wildman–Crippen MR) is 103 cm³/mol. The first-order valence-electron chi connectivity index (χ1n) is 10.2. The molecular formula is C20H36N4O2. The Labute approximate surface area is 158 Å². The molecule has 0 bridgehead atoms. The fourth-order valence-corrected chi connectivity index (χ4v) is 3.80. The lowest BCUT2D eigenvalue weighted by Crippen LogP contribution is -2.34. The van der Waals surface area contributed by atoms with Gasteiger partial charge < -0.3 is 9.42 Å². The Morgan fingerprint density at radius 3 is 2.62 bits per heavy atom. The number of carbonyl (C=O) groups is 1. The van der Waals surface area contributed by atoms with E-state index in [4.69, 9.17) is 4.52 Å². The van der Waals surface area contributed by atoms with Crippen LogP contribution in [-0.2, 0) is 11.3 Å². The zero-order chi connectivity index (χ0) is 18.9. The van der Waals surface area contributed by atoms with Gasteiger partial charge in [-0.3, -0.25) is 9.69 Å². The Balaban J connectivity index is 1.78. The molecule has 1 aliphatic rings. The lowest BCUT2D eigenvalue weighted by atomic mass is 9.84. The maximum absolute atomic E-state index is 11.8. The molecule has 6 heteroatoms. The number of nitrogens with zero attached hydrogens (tertiary/aromatic N) is 4. The van der Waals surface area contributed by atoms with Crippen LogP contribution in [0.5, 0.6) is 0 Å². The van der Waals surface area contributed by atoms with Crippen molar-refractivity contribution in [3.8, 4) is 0 Å². The highest BCUT2D eigenvalue weighted by Crippen LogP contribution is 2.30. The van der Waals surface area contributed by atoms with Crippen LogP contribution in [0, 0.1) is 5.92 Å². The van der Waals surface area contributed by atoms with Crippen LogP contribution in [0.2, 0.25) is 0 Å². The first-order chi connectivity index (χ1) is 12.5. The van der Waals surface area contributed by atoms with Crippen LogP contribution in [0.25, 0.3) is 0 Å². The van der Waals surface area contributed by atoms with Crippen molar-refractivity contribution in [2.24, 2.45) is 5.92 Å². The molecule has 1 amide bonds. The normalized spacial score (nSPS) is 16.8. The number of carbonyl (C=O) groups excluding carboxylic acids is 1. The zero-order valence-corrected chi connectivity index (χ0v) is 17.0. The van der Waals surface area contributed by atoms with Crippen LogP contribution in [0.1, 0.15) is 82.3 Å². The highest BCUT2D eigenvalue weighted by Gasteiger charge is 2.20. The number of hydrogen-bond donors (Lipinski definition) is 0. The summed E-state index contributed by atoms with van der Waals surface area (Å²) in [5.41, 5.74) is 0. The van der Waals surface area contributed by atoms with Gasteiger partial charge in [0.1, 0.15) is 0 Å². The second-order valence-corrected chi connectivity index (χ2v) is 8.05. The molecule has 1 fully saturated rings. The van der Waals surface area contributed by atoms with Crippen LogP contribution in [0.15, 0.2) is 4.52 Å². The SMILES string of the molecule is CC[C@H](CCCC1CCCCC1)c1nc(CN(C)CC(=O)N(C)C)no1. The van der Waals surface area contributed by atoms with Crippen LogP contribution < -0.4 is 0 Å². The molecule has 0 saturated heterocycles. The van der Waals surface area contributed by atoms with E-state index in [2.05, 4.69) is 17.1 Å². The summed E-state index contributed by atoms with van der Waals surface area (Å²) in [5.74, 6) is 2.79. The van der Waals surface area contributed by atoms with E-state index in [9.17, 15) is 4.79 Å². The third-order valence-electron chi connectivity index (χ3n) is 5.53. The van der Waals surface area contributed by atoms with Gasteiger partial charge in [0.2, 0.25) is 11.8 Å². The quantitative estimate of drug-likeness (QED) is 0.631. The second kappa shape index (κ2) is 10.7. The van der Waals surface area contributed by atoms with Gasteiger partial charge in [0.05, 0.1) is 13.1 Å². The van der Waals surface area contributed by atoms with Gasteiger partial charge in [-0.2, -0.15) is 4.98 Å². The molecule has 148 valence electrons. The summed E-state index contributed by atoms with van der Waals surface area (Å²) in [6.45, 7) is 3.08. The fraction of sp³-hybridized carbons (Fsp3) is 0.850. The fourth-order valence-electron chi connectivity index (χ4n) is 3.80. The number of likely N-dealkylation sites (N-methyl/N-ethyl adjacent to an activating group) is 2. The van der Waals surface area contributed by atoms with Crippen molar-refractivity contribution in [3.05, 3.63) is 11.7 Å². The number of rotatable bonds is 10. The molecule has 1 aromatic rings. The van der Waals surface area contributed by atoms with Gasteiger partial charge >= 0.3 is 0 Å². The third-order valence-corrected chi connectivity index (χ3v) is 5.53. The van der Waals surface area contributed by atoms with Gasteiger partial charge in [0.25, 0.3) is 0 Å². The lowest BCUT2D eigenvalue weighted by molar-refractivity contribution is -0.129. The summed E-state index contributed by atoms with van der Waals surface area (Å²) in [4.78, 5) is 19.9. The summed E-state index contributed by atoms with van der Waals surface area (Å²) in [5, 5.41) is 4.12. The van der Waals surface area contributed by atoms with Gasteiger partial charge in [-0.05, 0) is 25.8 Å². The second-order valence-electron chi connectivity index (χ2n) is 8.05. The average molecular weight is 365 g/mol. The summed E-state index contributed by atoms with van der Waals surface area (Å²) in [6.07, 6.45) is 11.8. The molecule has 1 aliphatic carbocycles. The molecule has 0 aromatic carbocycles. The van der Waals surface area contributed by atoms with Crippen molar-refractivity contribution in [3.63, 3.8) is 0 Å². The van der Waals surface area contributed by atoms with Crippen LogP contribution >= 0.6 is 0 Å². The van der Waals surface area contributed by atoms with Gasteiger partial charge in [-0.15, -0.1) is 0 Å². The predicted octanol–water partition coefficient (Wildman–Crippen LogP) is 3.83. The van der Waals surface area contributed by atoms with Crippen molar-refractivity contribution in [2.45, 2.75) is 77.2 Å². The molecule has 1 saturated carbocycles. The maximum atomic E-state index is 11.8. The molecule has 0 aliphatic heterocycles. The van der Waals surface area contributed by atoms with E-state index < -0.39 is 0 Å². The first kappa shape index (κ1) is 20.9. The minimum absolute atomic E-state index is 0.0744. The van der Waals surface area contributed by atoms with Gasteiger partial charge in [0, 0.05) is 20.0 Å². The molecule has 1 aromatic heterocycles. The Bertz CT molecular complexity index is 538. The van der Waals surface area contributed by atoms with E-state index in [1.165, 1.54) is 44.9 Å². The molecular weight excluding hydrogens is 328 g/mol. The Kier molecular flexibility index (Phi) is 8.55. The van der Waals surface area contributed by atoms with E-state index in [1.54, 1.807) is 19.0 Å². The maximum Gasteiger partial charge on any atom is 0.236 e. The molecule has 26 heavy (non-hydrogen) atoms. The minimum atomic E-state index is 0.0744. The molecule has 0 spiro atoms. The van der Waals surface area contributed by atoms with Crippen molar-refractivity contribution < 1.29 is 9.32 Å². The molecule has 1 atom stereocenters. The van der Waals surface area contributed by atoms with Crippen molar-refractivity contribution in [1.29, 1.82) is 0 Å². The van der Waals surface area contributed by atoms with Gasteiger partial charge in [-0.1, -0.05) is 57.0 Å². The van der Waals surface area contributed by atoms with Crippen LogP contribution in [0.4, 0.5) is 0 Å². The van der Waals surface area contributed by atoms with Crippen LogP contribution in [0.3, 0.4) is 0 Å². The van der Waals surface area contributed by atoms with E-state index in [-0.39, 0.29) is 5.91 Å². The molecule has 1 heterocycles. The average Bonchev–Trinajstić information content (AvgIpc) is 3.07. The highest BCUT2D eigenvalue weighted by atomic mass is 16.5. The number of hydrogen-bond acceptors (Lipinski definition) is 5. The van der Waals surface area contributed by atoms with E-state index in [0.717, 1.165) is 24.7 Å². The zero-order valence-electron chi connectivity index (χ0n) is 17.0. The van der Waals surface area contributed by atoms with E-state index in [0.29, 0.717) is 24.8 Å². The topological polar surface area (TPSA) is 62.5 Å². The number of aromatic nitrogens is 2. The largest absolute Gasteiger partial charge is 0.348 e. The Morgan fingerprint density at radius 1 is 1.23 bits per heavy atom. The Hall–Kier alpha value is -1.43. The van der Waals surface area contributed by atoms with Crippen molar-refractivity contribution in [2.75, 3.05) is 27.7 Å². The minimum Gasteiger partial charge on any atom is -0.348 e. The van der Waals surface area contributed by atoms with Crippen molar-refractivity contribution >= 4 is 5.91 Å². The summed E-state index contributed by atoms with van der Waals surface area (Å²) < 4.78 is 5.53. The molecule has 2 rings (SSSR count). The summed E-state index contributed by atoms with van der Waals surface area (Å²) in [7, 11) is 5.43. The summed E-state index contributed by atoms with van der Waals surface area (Å²) in [6, 6.07) is 0. The van der Waals surface area contributed by atoms with E-state index >= 15 is 0 Å². The smallest absolute Gasteiger partial charge is 0.236 e. The third kappa shape index (κ3) is 6.71. The van der Waals surface area contributed by atoms with E-state index in [1.807, 2.05) is 11.9 Å². The van der Waals surface area contributed by atoms with Gasteiger partial charge in [-0.25, -0.2) is 0 Å².